The summed E-state index contributed by atoms with van der Waals surface area (Å²) in [6, 6.07) is 1.81. The number of aromatic nitrogens is 1. The number of sulfonamides is 1. The molecule has 1 aromatic heterocycles. The van der Waals surface area contributed by atoms with Crippen molar-refractivity contribution >= 4 is 44.7 Å². The summed E-state index contributed by atoms with van der Waals surface area (Å²) < 4.78 is 74.7. The van der Waals surface area contributed by atoms with E-state index in [9.17, 15) is 41.5 Å². The SMILES string of the molecule is CC[C@H](C)N(C(=O)O)[C@H]1CCCCC/C=C\[C@@H]2C[C@@]2(C(=O)NS(=O)(=O)C2(COC)CC2)NC(=O)[C@@H]2C[C@]3(CCc4c(c(C(F)F)nc5ccc(OC)cc45)O3)CN2C1=O. The van der Waals surface area contributed by atoms with Gasteiger partial charge in [-0.1, -0.05) is 31.9 Å². The number of ether oxygens (including phenoxy) is 3. The van der Waals surface area contributed by atoms with Gasteiger partial charge in [0, 0.05) is 36.4 Å². The van der Waals surface area contributed by atoms with E-state index in [4.69, 9.17) is 14.2 Å². The Morgan fingerprint density at radius 3 is 2.58 bits per heavy atom. The van der Waals surface area contributed by atoms with Crippen LogP contribution in [0.1, 0.15) is 102 Å². The maximum Gasteiger partial charge on any atom is 0.408 e. The van der Waals surface area contributed by atoms with Gasteiger partial charge in [-0.25, -0.2) is 27.0 Å². The fourth-order valence-corrected chi connectivity index (χ4v) is 10.7. The quantitative estimate of drug-likeness (QED) is 0.272. The summed E-state index contributed by atoms with van der Waals surface area (Å²) in [6.07, 6.45) is 3.32. The summed E-state index contributed by atoms with van der Waals surface area (Å²) in [6.45, 7) is 3.16. The van der Waals surface area contributed by atoms with E-state index in [1.165, 1.54) is 19.1 Å². The van der Waals surface area contributed by atoms with Gasteiger partial charge in [0.2, 0.25) is 21.8 Å². The van der Waals surface area contributed by atoms with Crippen LogP contribution in [0, 0.1) is 5.92 Å². The molecule has 0 bridgehead atoms. The number of hydrogen-bond donors (Lipinski definition) is 3. The molecule has 3 aliphatic heterocycles. The minimum atomic E-state index is -4.22. The number of fused-ring (bicyclic) bond motifs is 5. The zero-order valence-electron chi connectivity index (χ0n) is 33.8. The molecular formula is C41H53F2N5O10S. The molecule has 322 valence electrons. The van der Waals surface area contributed by atoms with Crippen molar-refractivity contribution < 1.29 is 55.7 Å². The van der Waals surface area contributed by atoms with E-state index in [0.717, 1.165) is 4.90 Å². The number of carbonyl (C=O) groups is 4. The lowest BCUT2D eigenvalue weighted by molar-refractivity contribution is -0.144. The summed E-state index contributed by atoms with van der Waals surface area (Å²) in [7, 11) is -1.36. The lowest BCUT2D eigenvalue weighted by Gasteiger charge is -2.38. The normalized spacial score (nSPS) is 28.9. The number of benzene rings is 1. The first-order chi connectivity index (χ1) is 28.0. The van der Waals surface area contributed by atoms with E-state index in [-0.39, 0.29) is 51.0 Å². The number of nitrogens with zero attached hydrogens (tertiary/aromatic N) is 3. The van der Waals surface area contributed by atoms with Gasteiger partial charge in [-0.15, -0.1) is 0 Å². The van der Waals surface area contributed by atoms with Crippen LogP contribution >= 0.6 is 0 Å². The number of nitrogens with one attached hydrogen (secondary N) is 2. The number of methoxy groups -OCH3 is 2. The van der Waals surface area contributed by atoms with Gasteiger partial charge in [0.25, 0.3) is 12.3 Å². The second kappa shape index (κ2) is 16.1. The van der Waals surface area contributed by atoms with Crippen LogP contribution in [-0.2, 0) is 35.6 Å². The molecular weight excluding hydrogens is 793 g/mol. The third-order valence-corrected chi connectivity index (χ3v) is 15.1. The molecule has 5 aliphatic rings. The Morgan fingerprint density at radius 1 is 1.15 bits per heavy atom. The van der Waals surface area contributed by atoms with Gasteiger partial charge in [0.05, 0.1) is 25.8 Å². The molecule has 6 atom stereocenters. The first-order valence-electron chi connectivity index (χ1n) is 20.4. The van der Waals surface area contributed by atoms with Gasteiger partial charge in [-0.2, -0.15) is 0 Å². The Morgan fingerprint density at radius 2 is 1.92 bits per heavy atom. The summed E-state index contributed by atoms with van der Waals surface area (Å²) in [5, 5.41) is 13.9. The van der Waals surface area contributed by atoms with Crippen LogP contribution in [0.4, 0.5) is 13.6 Å². The van der Waals surface area contributed by atoms with E-state index in [1.54, 1.807) is 31.2 Å². The van der Waals surface area contributed by atoms with Crippen LogP contribution in [0.3, 0.4) is 0 Å². The molecule has 3 fully saturated rings. The van der Waals surface area contributed by atoms with Crippen LogP contribution in [0.25, 0.3) is 10.9 Å². The van der Waals surface area contributed by atoms with Crippen molar-refractivity contribution in [2.24, 2.45) is 5.92 Å². The first kappa shape index (κ1) is 42.5. The van der Waals surface area contributed by atoms with E-state index < -0.39 is 85.9 Å². The van der Waals surface area contributed by atoms with Crippen molar-refractivity contribution in [3.63, 3.8) is 0 Å². The highest BCUT2D eigenvalue weighted by Gasteiger charge is 2.64. The number of halogens is 2. The van der Waals surface area contributed by atoms with Crippen LogP contribution in [0.2, 0.25) is 0 Å². The summed E-state index contributed by atoms with van der Waals surface area (Å²) in [5.41, 5.74) is -2.85. The molecule has 7 rings (SSSR count). The number of hydrogen-bond acceptors (Lipinski definition) is 10. The molecule has 2 aliphatic carbocycles. The number of allylic oxidation sites excluding steroid dienone is 1. The molecule has 2 saturated carbocycles. The van der Waals surface area contributed by atoms with Crippen molar-refractivity contribution in [2.45, 2.75) is 131 Å². The van der Waals surface area contributed by atoms with Crippen molar-refractivity contribution in [2.75, 3.05) is 27.4 Å². The molecule has 0 radical (unpaired) electrons. The number of carbonyl (C=O) groups excluding carboxylic acids is 3. The fraction of sp³-hybridized carbons (Fsp3) is 0.634. The predicted octanol–water partition coefficient (Wildman–Crippen LogP) is 5.01. The Hall–Kier alpha value is -4.58. The van der Waals surface area contributed by atoms with Gasteiger partial charge in [0.15, 0.2) is 5.75 Å². The Labute approximate surface area is 342 Å². The van der Waals surface area contributed by atoms with Crippen molar-refractivity contribution in [3.05, 3.63) is 41.6 Å². The lowest BCUT2D eigenvalue weighted by Crippen LogP contribution is -2.59. The van der Waals surface area contributed by atoms with Gasteiger partial charge < -0.3 is 29.5 Å². The highest BCUT2D eigenvalue weighted by Crippen LogP contribution is 2.50. The Balaban J connectivity index is 1.29. The van der Waals surface area contributed by atoms with Crippen LogP contribution < -0.4 is 19.5 Å². The number of amides is 4. The van der Waals surface area contributed by atoms with E-state index >= 15 is 0 Å². The van der Waals surface area contributed by atoms with Gasteiger partial charge in [-0.05, 0) is 82.9 Å². The molecule has 59 heavy (non-hydrogen) atoms. The molecule has 1 saturated heterocycles. The molecule has 15 nitrogen and oxygen atoms in total. The average molecular weight is 846 g/mol. The van der Waals surface area contributed by atoms with E-state index in [0.29, 0.717) is 67.2 Å². The molecule has 1 aromatic carbocycles. The average Bonchev–Trinajstić information content (AvgIpc) is 4.11. The predicted molar refractivity (Wildman–Crippen MR) is 211 cm³/mol. The second-order valence-electron chi connectivity index (χ2n) is 16.8. The van der Waals surface area contributed by atoms with Crippen molar-refractivity contribution in [1.29, 1.82) is 0 Å². The first-order valence-corrected chi connectivity index (χ1v) is 21.9. The fourth-order valence-electron chi connectivity index (χ4n) is 9.17. The smallest absolute Gasteiger partial charge is 0.408 e. The number of pyridine rings is 1. The molecule has 18 heteroatoms. The largest absolute Gasteiger partial charge is 0.497 e. The molecule has 2 aromatic rings. The topological polar surface area (TPSA) is 194 Å². The lowest BCUT2D eigenvalue weighted by atomic mass is 9.87. The van der Waals surface area contributed by atoms with Gasteiger partial charge in [0.1, 0.15) is 39.4 Å². The number of carboxylic acid groups (broad SMARTS) is 1. The minimum Gasteiger partial charge on any atom is -0.497 e. The Bertz CT molecular complexity index is 2150. The zero-order chi connectivity index (χ0) is 42.5. The minimum absolute atomic E-state index is 0.0902. The molecule has 4 heterocycles. The summed E-state index contributed by atoms with van der Waals surface area (Å²) >= 11 is 0. The van der Waals surface area contributed by atoms with Crippen molar-refractivity contribution in [1.82, 2.24) is 24.8 Å². The molecule has 0 unspecified atom stereocenters. The molecule has 1 spiro atoms. The van der Waals surface area contributed by atoms with E-state index in [2.05, 4.69) is 15.0 Å². The standard InChI is InChI=1S/C41H53F2N5O10S/c1-5-24(2)48(38(52)53)30-12-10-8-6-7-9-11-25-20-41(25,37(51)46-59(54,55)40(17-18-40)23-56-3)45-35(49)31-21-39(22-47(31)36(30)50)16-15-27-28-19-26(57-4)13-14-29(28)44-32(34(42)43)33(27)58-39/h9,11,13-14,19,24-25,30-31,34H,5-8,10,12,15-18,20-23H2,1-4H3,(H,45,49)(H,46,51)(H,52,53)/b11-9-/t24-,25+,30-,31-,39+,41+/m0/s1. The van der Waals surface area contributed by atoms with Crippen LogP contribution in [0.15, 0.2) is 30.4 Å². The van der Waals surface area contributed by atoms with Crippen LogP contribution in [0.5, 0.6) is 11.5 Å². The zero-order valence-corrected chi connectivity index (χ0v) is 34.6. The van der Waals surface area contributed by atoms with Crippen molar-refractivity contribution in [3.8, 4) is 11.5 Å². The second-order valence-corrected chi connectivity index (χ2v) is 18.9. The summed E-state index contributed by atoms with van der Waals surface area (Å²) in [4.78, 5) is 63.4. The summed E-state index contributed by atoms with van der Waals surface area (Å²) in [5.74, 6) is -2.56. The Kier molecular flexibility index (Phi) is 11.6. The molecule has 3 N–H and O–H groups in total. The highest BCUT2D eigenvalue weighted by molar-refractivity contribution is 7.91. The molecule has 4 amide bonds. The number of aryl methyl sites for hydroxylation is 1. The third kappa shape index (κ3) is 7.82. The maximum atomic E-state index is 15.0. The van der Waals surface area contributed by atoms with Gasteiger partial charge in [-0.3, -0.25) is 24.0 Å². The number of alkyl halides is 2. The maximum absolute atomic E-state index is 15.0. The monoisotopic (exact) mass is 845 g/mol. The van der Waals surface area contributed by atoms with E-state index in [1.807, 2.05) is 13.0 Å². The number of rotatable bonds is 10. The highest BCUT2D eigenvalue weighted by atomic mass is 32.2. The van der Waals surface area contributed by atoms with Crippen LogP contribution in [-0.4, -0.2) is 114 Å². The third-order valence-electron chi connectivity index (χ3n) is 13.0. The van der Waals surface area contributed by atoms with Gasteiger partial charge >= 0.3 is 6.09 Å².